The average molecular weight is 357 g/mol. The number of carbonyl (C=O) groups is 2. The van der Waals surface area contributed by atoms with E-state index >= 15 is 0 Å². The highest BCUT2D eigenvalue weighted by atomic mass is 16.3. The zero-order valence-electron chi connectivity index (χ0n) is 14.8. The molecule has 2 amide bonds. The van der Waals surface area contributed by atoms with Crippen molar-refractivity contribution >= 4 is 23.3 Å². The number of rotatable bonds is 4. The fourth-order valence-corrected chi connectivity index (χ4v) is 2.48. The fraction of sp³-hybridized carbons (Fsp3) is 0.250. The van der Waals surface area contributed by atoms with Crippen molar-refractivity contribution in [2.24, 2.45) is 21.1 Å². The number of aromatic hydroxyl groups is 1. The molecule has 3 N–H and O–H groups in total. The normalized spacial score (nSPS) is 10.8. The summed E-state index contributed by atoms with van der Waals surface area (Å²) >= 11 is 0. The van der Waals surface area contributed by atoms with Crippen LogP contribution in [0, 0.1) is 6.92 Å². The van der Waals surface area contributed by atoms with E-state index in [9.17, 15) is 14.7 Å². The van der Waals surface area contributed by atoms with Crippen LogP contribution < -0.4 is 10.6 Å². The minimum atomic E-state index is -0.508. The minimum Gasteiger partial charge on any atom is -0.504 e. The number of hydrogen-bond donors (Lipinski definition) is 3. The molecule has 0 aliphatic heterocycles. The molecule has 0 bridgehead atoms. The van der Waals surface area contributed by atoms with Crippen molar-refractivity contribution in [3.8, 4) is 5.75 Å². The number of carbonyl (C=O) groups excluding carboxylic acids is 2. The van der Waals surface area contributed by atoms with Crippen LogP contribution in [0.2, 0.25) is 0 Å². The summed E-state index contributed by atoms with van der Waals surface area (Å²) in [4.78, 5) is 32.7. The fourth-order valence-electron chi connectivity index (χ4n) is 2.48. The summed E-state index contributed by atoms with van der Waals surface area (Å²) in [5.41, 5.74) is 0.916. The first-order valence-corrected chi connectivity index (χ1v) is 7.76. The van der Waals surface area contributed by atoms with Crippen molar-refractivity contribution in [3.05, 3.63) is 42.1 Å². The molecule has 3 rings (SSSR count). The third-order valence-corrected chi connectivity index (χ3v) is 4.04. The Labute approximate surface area is 149 Å². The average Bonchev–Trinajstić information content (AvgIpc) is 3.23. The van der Waals surface area contributed by atoms with Gasteiger partial charge in [-0.2, -0.15) is 0 Å². The molecule has 0 saturated heterocycles. The van der Waals surface area contributed by atoms with Crippen LogP contribution in [0.4, 0.5) is 11.5 Å². The molecule has 136 valence electrons. The Morgan fingerprint density at radius 3 is 2.27 bits per heavy atom. The molecule has 3 heterocycles. The number of amides is 2. The molecule has 0 atom stereocenters. The lowest BCUT2D eigenvalue weighted by molar-refractivity contribution is 0.0999. The molecule has 0 fully saturated rings. The van der Waals surface area contributed by atoms with Crippen molar-refractivity contribution in [2.45, 2.75) is 6.92 Å². The molecular weight excluding hydrogens is 338 g/mol. The zero-order chi connectivity index (χ0) is 19.0. The third kappa shape index (κ3) is 3.04. The standard InChI is InChI=1S/C16H19N7O3/c1-9-12(24)10(7-22(9)3)18-16(26)14-19-11(8-23(14)4)20-15(25)13-17-5-6-21(13)2/h5-8,24H,1-4H3,(H,18,26)(H,20,25). The van der Waals surface area contributed by atoms with E-state index in [4.69, 9.17) is 0 Å². The highest BCUT2D eigenvalue weighted by Gasteiger charge is 2.19. The number of hydrogen-bond acceptors (Lipinski definition) is 5. The van der Waals surface area contributed by atoms with Crippen LogP contribution in [0.3, 0.4) is 0 Å². The van der Waals surface area contributed by atoms with E-state index in [1.807, 2.05) is 0 Å². The Hall–Kier alpha value is -3.56. The van der Waals surface area contributed by atoms with Crippen LogP contribution in [0.5, 0.6) is 5.75 Å². The summed E-state index contributed by atoms with van der Waals surface area (Å²) in [6, 6.07) is 0. The van der Waals surface area contributed by atoms with Crippen molar-refractivity contribution in [1.29, 1.82) is 0 Å². The van der Waals surface area contributed by atoms with Gasteiger partial charge in [0.05, 0.1) is 5.69 Å². The van der Waals surface area contributed by atoms with Crippen LogP contribution in [0.15, 0.2) is 24.8 Å². The SMILES string of the molecule is Cc1c(O)c(NC(=O)c2nc(NC(=O)c3nccn3C)cn2C)cn1C. The zero-order valence-corrected chi connectivity index (χ0v) is 14.8. The van der Waals surface area contributed by atoms with Crippen molar-refractivity contribution < 1.29 is 14.7 Å². The summed E-state index contributed by atoms with van der Waals surface area (Å²) in [5.74, 6) is -0.408. The van der Waals surface area contributed by atoms with Gasteiger partial charge in [0.2, 0.25) is 5.82 Å². The summed E-state index contributed by atoms with van der Waals surface area (Å²) in [6.07, 6.45) is 6.29. The predicted octanol–water partition coefficient (Wildman–Crippen LogP) is 1.01. The van der Waals surface area contributed by atoms with Gasteiger partial charge in [0, 0.05) is 45.9 Å². The van der Waals surface area contributed by atoms with E-state index in [1.165, 1.54) is 17.0 Å². The Bertz CT molecular complexity index is 996. The first-order chi connectivity index (χ1) is 12.3. The van der Waals surface area contributed by atoms with Gasteiger partial charge in [0.15, 0.2) is 17.4 Å². The third-order valence-electron chi connectivity index (χ3n) is 4.04. The molecule has 0 spiro atoms. The lowest BCUT2D eigenvalue weighted by Crippen LogP contribution is -2.18. The Balaban J connectivity index is 1.77. The maximum atomic E-state index is 12.4. The van der Waals surface area contributed by atoms with Gasteiger partial charge in [0.1, 0.15) is 5.69 Å². The van der Waals surface area contributed by atoms with Gasteiger partial charge in [0.25, 0.3) is 11.8 Å². The van der Waals surface area contributed by atoms with Gasteiger partial charge in [-0.05, 0) is 6.92 Å². The van der Waals surface area contributed by atoms with Crippen LogP contribution in [0.25, 0.3) is 0 Å². The van der Waals surface area contributed by atoms with Gasteiger partial charge in [-0.15, -0.1) is 0 Å². The lowest BCUT2D eigenvalue weighted by atomic mass is 10.4. The number of nitrogens with zero attached hydrogens (tertiary/aromatic N) is 5. The Morgan fingerprint density at radius 2 is 1.69 bits per heavy atom. The largest absolute Gasteiger partial charge is 0.504 e. The Morgan fingerprint density at radius 1 is 1.00 bits per heavy atom. The van der Waals surface area contributed by atoms with E-state index in [0.717, 1.165) is 0 Å². The second-order valence-corrected chi connectivity index (χ2v) is 5.92. The van der Waals surface area contributed by atoms with Gasteiger partial charge in [-0.25, -0.2) is 9.97 Å². The van der Waals surface area contributed by atoms with Crippen molar-refractivity contribution in [1.82, 2.24) is 23.7 Å². The first-order valence-electron chi connectivity index (χ1n) is 7.76. The molecule has 10 heteroatoms. The number of aryl methyl sites for hydroxylation is 3. The van der Waals surface area contributed by atoms with Crippen LogP contribution in [-0.4, -0.2) is 40.6 Å². The van der Waals surface area contributed by atoms with Crippen LogP contribution in [-0.2, 0) is 21.1 Å². The summed E-state index contributed by atoms with van der Waals surface area (Å²) < 4.78 is 4.75. The molecule has 3 aromatic rings. The Kier molecular flexibility index (Phi) is 4.24. The topological polar surface area (TPSA) is 119 Å². The predicted molar refractivity (Wildman–Crippen MR) is 94.1 cm³/mol. The number of anilines is 2. The van der Waals surface area contributed by atoms with E-state index in [-0.39, 0.29) is 28.9 Å². The van der Waals surface area contributed by atoms with Crippen LogP contribution >= 0.6 is 0 Å². The minimum absolute atomic E-state index is 0.00151. The quantitative estimate of drug-likeness (QED) is 0.644. The molecule has 0 aliphatic rings. The van der Waals surface area contributed by atoms with E-state index < -0.39 is 11.8 Å². The monoisotopic (exact) mass is 357 g/mol. The summed E-state index contributed by atoms with van der Waals surface area (Å²) in [5, 5.41) is 15.2. The second kappa shape index (κ2) is 6.39. The summed E-state index contributed by atoms with van der Waals surface area (Å²) in [7, 11) is 5.10. The first kappa shape index (κ1) is 17.3. The van der Waals surface area contributed by atoms with E-state index in [0.29, 0.717) is 5.69 Å². The molecular formula is C16H19N7O3. The number of aromatic nitrogens is 5. The van der Waals surface area contributed by atoms with Gasteiger partial charge in [-0.1, -0.05) is 0 Å². The molecule has 0 saturated carbocycles. The smallest absolute Gasteiger partial charge is 0.292 e. The van der Waals surface area contributed by atoms with E-state index in [2.05, 4.69) is 20.6 Å². The molecule has 26 heavy (non-hydrogen) atoms. The summed E-state index contributed by atoms with van der Waals surface area (Å²) in [6.45, 7) is 1.73. The van der Waals surface area contributed by atoms with Crippen molar-refractivity contribution in [2.75, 3.05) is 10.6 Å². The maximum absolute atomic E-state index is 12.4. The number of nitrogens with one attached hydrogen (secondary N) is 2. The van der Waals surface area contributed by atoms with Crippen LogP contribution in [0.1, 0.15) is 26.9 Å². The van der Waals surface area contributed by atoms with Gasteiger partial charge >= 0.3 is 0 Å². The highest BCUT2D eigenvalue weighted by molar-refractivity contribution is 6.04. The van der Waals surface area contributed by atoms with Gasteiger partial charge in [-0.3, -0.25) is 9.59 Å². The van der Waals surface area contributed by atoms with Gasteiger partial charge < -0.3 is 29.4 Å². The highest BCUT2D eigenvalue weighted by Crippen LogP contribution is 2.28. The molecule has 10 nitrogen and oxygen atoms in total. The molecule has 0 aliphatic carbocycles. The molecule has 0 radical (unpaired) electrons. The maximum Gasteiger partial charge on any atom is 0.292 e. The molecule has 0 aromatic carbocycles. The lowest BCUT2D eigenvalue weighted by Gasteiger charge is -2.03. The van der Waals surface area contributed by atoms with E-state index in [1.54, 1.807) is 49.6 Å². The molecule has 0 unspecified atom stereocenters. The molecule has 3 aromatic heterocycles. The number of imidazole rings is 2. The van der Waals surface area contributed by atoms with Crippen molar-refractivity contribution in [3.63, 3.8) is 0 Å². The second-order valence-electron chi connectivity index (χ2n) is 5.92.